The van der Waals surface area contributed by atoms with Gasteiger partial charge in [0.2, 0.25) is 0 Å². The van der Waals surface area contributed by atoms with E-state index in [9.17, 15) is 9.59 Å². The molecule has 0 spiro atoms. The van der Waals surface area contributed by atoms with Gasteiger partial charge in [0.1, 0.15) is 17.2 Å². The van der Waals surface area contributed by atoms with Gasteiger partial charge in [-0.1, -0.05) is 24.3 Å². The van der Waals surface area contributed by atoms with E-state index in [0.29, 0.717) is 22.4 Å². The predicted octanol–water partition coefficient (Wildman–Crippen LogP) is 4.50. The van der Waals surface area contributed by atoms with Crippen LogP contribution in [0.1, 0.15) is 40.7 Å². The van der Waals surface area contributed by atoms with Gasteiger partial charge in [-0.15, -0.1) is 0 Å². The Balaban J connectivity index is 1.97. The summed E-state index contributed by atoms with van der Waals surface area (Å²) in [5.74, 6) is 1.26. The molecule has 0 saturated heterocycles. The molecule has 1 aliphatic heterocycles. The Morgan fingerprint density at radius 3 is 2.39 bits per heavy atom. The Hall–Kier alpha value is -3.34. The highest BCUT2D eigenvalue weighted by molar-refractivity contribution is 6.12. The summed E-state index contributed by atoms with van der Waals surface area (Å²) < 4.78 is 16.3. The van der Waals surface area contributed by atoms with Crippen molar-refractivity contribution in [2.75, 3.05) is 14.2 Å². The number of ether oxygens (including phenoxy) is 3. The van der Waals surface area contributed by atoms with E-state index in [4.69, 9.17) is 14.2 Å². The summed E-state index contributed by atoms with van der Waals surface area (Å²) in [6, 6.07) is 15.0. The second-order valence-electron chi connectivity index (χ2n) is 6.78. The van der Waals surface area contributed by atoms with Crippen LogP contribution in [0.15, 0.2) is 48.5 Å². The highest BCUT2D eigenvalue weighted by atomic mass is 16.5. The molecule has 0 saturated carbocycles. The van der Waals surface area contributed by atoms with Crippen LogP contribution in [-0.2, 0) is 4.79 Å². The molecule has 0 N–H and O–H groups in total. The van der Waals surface area contributed by atoms with E-state index in [-0.39, 0.29) is 24.1 Å². The standard InChI is InChI=1S/C23H20O5/c1-13(24)16-10-11-20(27-3)18-9-8-17-19(12-21(25)28-23(17)22(16)18)14-4-6-15(26-2)7-5-14/h4-11,19H,12H2,1-3H3. The van der Waals surface area contributed by atoms with Crippen LogP contribution < -0.4 is 14.2 Å². The van der Waals surface area contributed by atoms with Gasteiger partial charge in [-0.05, 0) is 36.8 Å². The zero-order valence-corrected chi connectivity index (χ0v) is 15.9. The normalized spacial score (nSPS) is 15.7. The van der Waals surface area contributed by atoms with Crippen molar-refractivity contribution < 1.29 is 23.8 Å². The van der Waals surface area contributed by atoms with Crippen LogP contribution in [0.2, 0.25) is 0 Å². The zero-order chi connectivity index (χ0) is 19.8. The highest BCUT2D eigenvalue weighted by Crippen LogP contribution is 2.46. The molecule has 0 amide bonds. The third kappa shape index (κ3) is 2.89. The van der Waals surface area contributed by atoms with Crippen molar-refractivity contribution in [3.63, 3.8) is 0 Å². The van der Waals surface area contributed by atoms with Crippen LogP contribution in [0.5, 0.6) is 17.2 Å². The van der Waals surface area contributed by atoms with Gasteiger partial charge in [-0.3, -0.25) is 9.59 Å². The number of carbonyl (C=O) groups is 2. The topological polar surface area (TPSA) is 61.8 Å². The molecule has 28 heavy (non-hydrogen) atoms. The first-order chi connectivity index (χ1) is 13.5. The van der Waals surface area contributed by atoms with Gasteiger partial charge in [0.15, 0.2) is 5.78 Å². The van der Waals surface area contributed by atoms with Crippen molar-refractivity contribution in [3.05, 3.63) is 65.2 Å². The van der Waals surface area contributed by atoms with Crippen molar-refractivity contribution in [2.24, 2.45) is 0 Å². The molecule has 1 unspecified atom stereocenters. The monoisotopic (exact) mass is 376 g/mol. The van der Waals surface area contributed by atoms with Gasteiger partial charge in [0.05, 0.1) is 20.6 Å². The molecular weight excluding hydrogens is 356 g/mol. The molecule has 0 aliphatic carbocycles. The second kappa shape index (κ2) is 7.00. The van der Waals surface area contributed by atoms with E-state index < -0.39 is 0 Å². The van der Waals surface area contributed by atoms with Crippen LogP contribution in [-0.4, -0.2) is 26.0 Å². The summed E-state index contributed by atoms with van der Waals surface area (Å²) in [6.07, 6.45) is 0.240. The van der Waals surface area contributed by atoms with Gasteiger partial charge in [-0.25, -0.2) is 0 Å². The number of fused-ring (bicyclic) bond motifs is 3. The fourth-order valence-electron chi connectivity index (χ4n) is 3.83. The molecule has 0 fully saturated rings. The van der Waals surface area contributed by atoms with E-state index in [1.165, 1.54) is 6.92 Å². The first-order valence-corrected chi connectivity index (χ1v) is 9.02. The van der Waals surface area contributed by atoms with Crippen molar-refractivity contribution in [1.29, 1.82) is 0 Å². The average molecular weight is 376 g/mol. The third-order valence-electron chi connectivity index (χ3n) is 5.20. The van der Waals surface area contributed by atoms with Crippen molar-refractivity contribution in [2.45, 2.75) is 19.3 Å². The van der Waals surface area contributed by atoms with Gasteiger partial charge >= 0.3 is 5.97 Å². The molecule has 0 radical (unpaired) electrons. The number of ketones is 1. The van der Waals surface area contributed by atoms with Crippen LogP contribution in [0.3, 0.4) is 0 Å². The lowest BCUT2D eigenvalue weighted by Gasteiger charge is -2.27. The first-order valence-electron chi connectivity index (χ1n) is 9.02. The number of methoxy groups -OCH3 is 2. The maximum Gasteiger partial charge on any atom is 0.312 e. The lowest BCUT2D eigenvalue weighted by atomic mass is 9.84. The highest BCUT2D eigenvalue weighted by Gasteiger charge is 2.31. The fourth-order valence-corrected chi connectivity index (χ4v) is 3.83. The maximum atomic E-state index is 12.4. The molecule has 5 nitrogen and oxygen atoms in total. The van der Waals surface area contributed by atoms with Gasteiger partial charge < -0.3 is 14.2 Å². The Bertz CT molecular complexity index is 1080. The van der Waals surface area contributed by atoms with E-state index in [1.54, 1.807) is 26.4 Å². The van der Waals surface area contributed by atoms with E-state index >= 15 is 0 Å². The minimum Gasteiger partial charge on any atom is -0.497 e. The minimum absolute atomic E-state index is 0.0938. The number of rotatable bonds is 4. The molecule has 1 heterocycles. The number of benzene rings is 3. The van der Waals surface area contributed by atoms with Crippen LogP contribution in [0.25, 0.3) is 10.8 Å². The summed E-state index contributed by atoms with van der Waals surface area (Å²) in [6.45, 7) is 1.51. The van der Waals surface area contributed by atoms with E-state index in [1.807, 2.05) is 36.4 Å². The zero-order valence-electron chi connectivity index (χ0n) is 15.9. The molecule has 4 rings (SSSR count). The number of carbonyl (C=O) groups excluding carboxylic acids is 2. The van der Waals surface area contributed by atoms with Crippen molar-refractivity contribution in [3.8, 4) is 17.2 Å². The lowest BCUT2D eigenvalue weighted by molar-refractivity contribution is -0.135. The average Bonchev–Trinajstić information content (AvgIpc) is 2.72. The summed E-state index contributed by atoms with van der Waals surface area (Å²) in [5.41, 5.74) is 2.38. The maximum absolute atomic E-state index is 12.4. The smallest absolute Gasteiger partial charge is 0.312 e. The summed E-state index contributed by atoms with van der Waals surface area (Å²) in [4.78, 5) is 24.7. The van der Waals surface area contributed by atoms with E-state index in [2.05, 4.69) is 0 Å². The third-order valence-corrected chi connectivity index (χ3v) is 5.20. The molecule has 5 heteroatoms. The molecular formula is C23H20O5. The first kappa shape index (κ1) is 18.0. The number of hydrogen-bond donors (Lipinski definition) is 0. The van der Waals surface area contributed by atoms with Gasteiger partial charge in [-0.2, -0.15) is 0 Å². The Morgan fingerprint density at radius 2 is 1.75 bits per heavy atom. The Morgan fingerprint density at radius 1 is 1.00 bits per heavy atom. The largest absolute Gasteiger partial charge is 0.497 e. The minimum atomic E-state index is -0.321. The van der Waals surface area contributed by atoms with Crippen LogP contribution in [0, 0.1) is 0 Å². The predicted molar refractivity (Wildman–Crippen MR) is 106 cm³/mol. The Kier molecular flexibility index (Phi) is 4.51. The van der Waals surface area contributed by atoms with Crippen LogP contribution in [0.4, 0.5) is 0 Å². The SMILES string of the molecule is COc1ccc(C2CC(=O)Oc3c2ccc2c(OC)ccc(C(C)=O)c32)cc1. The molecule has 142 valence electrons. The van der Waals surface area contributed by atoms with Crippen molar-refractivity contribution in [1.82, 2.24) is 0 Å². The lowest BCUT2D eigenvalue weighted by Crippen LogP contribution is -2.21. The van der Waals surface area contributed by atoms with Gasteiger partial charge in [0, 0.05) is 27.8 Å². The molecule has 0 bridgehead atoms. The van der Waals surface area contributed by atoms with Gasteiger partial charge in [0.25, 0.3) is 0 Å². The molecule has 0 aromatic heterocycles. The number of esters is 1. The second-order valence-corrected chi connectivity index (χ2v) is 6.78. The van der Waals surface area contributed by atoms with E-state index in [0.717, 1.165) is 22.3 Å². The number of Topliss-reactive ketones (excluding diaryl/α,β-unsaturated/α-hetero) is 1. The quantitative estimate of drug-likeness (QED) is 0.381. The molecule has 1 aliphatic rings. The summed E-state index contributed by atoms with van der Waals surface area (Å²) in [5, 5.41) is 1.37. The summed E-state index contributed by atoms with van der Waals surface area (Å²) in [7, 11) is 3.19. The molecule has 3 aromatic rings. The Labute approximate surface area is 162 Å². The van der Waals surface area contributed by atoms with Crippen molar-refractivity contribution >= 4 is 22.5 Å². The molecule has 3 aromatic carbocycles. The van der Waals surface area contributed by atoms with Crippen LogP contribution >= 0.6 is 0 Å². The molecule has 1 atom stereocenters. The fraction of sp³-hybridized carbons (Fsp3) is 0.217. The summed E-state index contributed by atoms with van der Waals surface area (Å²) >= 11 is 0. The number of hydrogen-bond acceptors (Lipinski definition) is 5.